The van der Waals surface area contributed by atoms with E-state index in [1.54, 1.807) is 24.3 Å². The van der Waals surface area contributed by atoms with Crippen molar-refractivity contribution in [2.75, 3.05) is 5.73 Å². The fourth-order valence-corrected chi connectivity index (χ4v) is 1.55. The highest BCUT2D eigenvalue weighted by atomic mass is 16.5. The van der Waals surface area contributed by atoms with E-state index < -0.39 is 0 Å². The van der Waals surface area contributed by atoms with Crippen LogP contribution in [0.5, 0.6) is 5.75 Å². The van der Waals surface area contributed by atoms with Crippen LogP contribution in [0.2, 0.25) is 0 Å². The number of rotatable bonds is 3. The Morgan fingerprint density at radius 2 is 2.11 bits per heavy atom. The molecule has 5 heteroatoms. The van der Waals surface area contributed by atoms with E-state index in [-0.39, 0.29) is 6.61 Å². The number of aromatic nitrogens is 2. The molecular weight excluding hydrogens is 228 g/mol. The van der Waals surface area contributed by atoms with Gasteiger partial charge in [0.2, 0.25) is 0 Å². The summed E-state index contributed by atoms with van der Waals surface area (Å²) in [4.78, 5) is 8.27. The molecule has 18 heavy (non-hydrogen) atoms. The standard InChI is InChI=1S/C13H12N4O/c1-9-6-12(15)17-13(16-9)8-18-11-5-3-2-4-10(11)7-14/h2-6H,8H2,1H3,(H2,15,16,17). The lowest BCUT2D eigenvalue weighted by atomic mass is 10.2. The number of nitrogens with two attached hydrogens (primary N) is 1. The quantitative estimate of drug-likeness (QED) is 0.884. The molecule has 0 fully saturated rings. The number of anilines is 1. The van der Waals surface area contributed by atoms with Crippen LogP contribution >= 0.6 is 0 Å². The molecule has 0 saturated carbocycles. The summed E-state index contributed by atoms with van der Waals surface area (Å²) in [5.74, 6) is 1.43. The molecule has 0 unspecified atom stereocenters. The molecule has 0 aliphatic rings. The van der Waals surface area contributed by atoms with Gasteiger partial charge in [-0.25, -0.2) is 9.97 Å². The first-order valence-corrected chi connectivity index (χ1v) is 5.41. The Morgan fingerprint density at radius 3 is 2.83 bits per heavy atom. The summed E-state index contributed by atoms with van der Waals surface area (Å²) in [5.41, 5.74) is 6.90. The van der Waals surface area contributed by atoms with Crippen molar-refractivity contribution in [2.24, 2.45) is 0 Å². The molecule has 0 radical (unpaired) electrons. The van der Waals surface area contributed by atoms with Crippen molar-refractivity contribution in [3.8, 4) is 11.8 Å². The van der Waals surface area contributed by atoms with Crippen molar-refractivity contribution in [1.82, 2.24) is 9.97 Å². The van der Waals surface area contributed by atoms with Crippen LogP contribution in [0.4, 0.5) is 5.82 Å². The number of aryl methyl sites for hydroxylation is 1. The summed E-state index contributed by atoms with van der Waals surface area (Å²) in [7, 11) is 0. The second-order valence-corrected chi connectivity index (χ2v) is 3.75. The molecule has 0 aliphatic heterocycles. The van der Waals surface area contributed by atoms with Crippen LogP contribution in [0.3, 0.4) is 0 Å². The Morgan fingerprint density at radius 1 is 1.33 bits per heavy atom. The van der Waals surface area contributed by atoms with Crippen molar-refractivity contribution < 1.29 is 4.74 Å². The van der Waals surface area contributed by atoms with Gasteiger partial charge in [-0.1, -0.05) is 12.1 Å². The van der Waals surface area contributed by atoms with E-state index in [1.807, 2.05) is 13.0 Å². The first-order valence-electron chi connectivity index (χ1n) is 5.41. The molecule has 0 atom stereocenters. The van der Waals surface area contributed by atoms with E-state index in [9.17, 15) is 0 Å². The third-order valence-electron chi connectivity index (χ3n) is 2.28. The summed E-state index contributed by atoms with van der Waals surface area (Å²) >= 11 is 0. The summed E-state index contributed by atoms with van der Waals surface area (Å²) in [6.45, 7) is 2.02. The number of ether oxygens (including phenoxy) is 1. The van der Waals surface area contributed by atoms with Crippen LogP contribution in [0.25, 0.3) is 0 Å². The average molecular weight is 240 g/mol. The number of nitriles is 1. The third kappa shape index (κ3) is 2.74. The molecule has 0 spiro atoms. The van der Waals surface area contributed by atoms with Gasteiger partial charge in [-0.2, -0.15) is 5.26 Å². The molecule has 1 heterocycles. The van der Waals surface area contributed by atoms with E-state index in [1.165, 1.54) is 0 Å². The third-order valence-corrected chi connectivity index (χ3v) is 2.28. The number of benzene rings is 1. The zero-order valence-corrected chi connectivity index (χ0v) is 9.92. The molecule has 90 valence electrons. The highest BCUT2D eigenvalue weighted by molar-refractivity contribution is 5.42. The van der Waals surface area contributed by atoms with Gasteiger partial charge in [-0.05, 0) is 19.1 Å². The van der Waals surface area contributed by atoms with E-state index in [0.717, 1.165) is 5.69 Å². The second-order valence-electron chi connectivity index (χ2n) is 3.75. The Balaban J connectivity index is 2.14. The van der Waals surface area contributed by atoms with Gasteiger partial charge in [0.05, 0.1) is 5.56 Å². The van der Waals surface area contributed by atoms with Gasteiger partial charge in [0.15, 0.2) is 5.82 Å². The van der Waals surface area contributed by atoms with Gasteiger partial charge in [0, 0.05) is 11.8 Å². The van der Waals surface area contributed by atoms with Crippen molar-refractivity contribution in [3.05, 3.63) is 47.4 Å². The number of nitrogen functional groups attached to an aromatic ring is 1. The van der Waals surface area contributed by atoms with Gasteiger partial charge in [0.25, 0.3) is 0 Å². The normalized spacial score (nSPS) is 9.78. The van der Waals surface area contributed by atoms with Crippen LogP contribution < -0.4 is 10.5 Å². The van der Waals surface area contributed by atoms with E-state index in [2.05, 4.69) is 16.0 Å². The average Bonchev–Trinajstić information content (AvgIpc) is 2.35. The van der Waals surface area contributed by atoms with Crippen LogP contribution in [-0.2, 0) is 6.61 Å². The first-order chi connectivity index (χ1) is 8.69. The maximum absolute atomic E-state index is 8.92. The van der Waals surface area contributed by atoms with E-state index >= 15 is 0 Å². The Labute approximate surface area is 105 Å². The Kier molecular flexibility index (Phi) is 3.39. The largest absolute Gasteiger partial charge is 0.484 e. The molecule has 5 nitrogen and oxygen atoms in total. The molecule has 0 saturated heterocycles. The molecule has 0 amide bonds. The molecule has 0 aliphatic carbocycles. The second kappa shape index (κ2) is 5.15. The zero-order valence-electron chi connectivity index (χ0n) is 9.92. The smallest absolute Gasteiger partial charge is 0.168 e. The van der Waals surface area contributed by atoms with E-state index in [0.29, 0.717) is 23.0 Å². The predicted octanol–water partition coefficient (Wildman–Crippen LogP) is 1.82. The lowest BCUT2D eigenvalue weighted by Gasteiger charge is -2.07. The first kappa shape index (κ1) is 11.9. The molecule has 2 rings (SSSR count). The summed E-state index contributed by atoms with van der Waals surface area (Å²) in [5, 5.41) is 8.92. The molecule has 1 aromatic carbocycles. The molecule has 2 N–H and O–H groups in total. The van der Waals surface area contributed by atoms with Crippen molar-refractivity contribution in [1.29, 1.82) is 5.26 Å². The fourth-order valence-electron chi connectivity index (χ4n) is 1.55. The van der Waals surface area contributed by atoms with Crippen LogP contribution in [0, 0.1) is 18.3 Å². The number of para-hydroxylation sites is 1. The Bertz CT molecular complexity index is 584. The molecule has 2 aromatic rings. The Hall–Kier alpha value is -2.61. The fraction of sp³-hybridized carbons (Fsp3) is 0.154. The molecule has 1 aromatic heterocycles. The lowest BCUT2D eigenvalue weighted by molar-refractivity contribution is 0.295. The zero-order chi connectivity index (χ0) is 13.0. The van der Waals surface area contributed by atoms with Crippen molar-refractivity contribution in [2.45, 2.75) is 13.5 Å². The van der Waals surface area contributed by atoms with Gasteiger partial charge in [0.1, 0.15) is 24.2 Å². The highest BCUT2D eigenvalue weighted by Crippen LogP contribution is 2.17. The van der Waals surface area contributed by atoms with Crippen LogP contribution in [-0.4, -0.2) is 9.97 Å². The van der Waals surface area contributed by atoms with Gasteiger partial charge < -0.3 is 10.5 Å². The maximum Gasteiger partial charge on any atom is 0.168 e. The van der Waals surface area contributed by atoms with Crippen molar-refractivity contribution in [3.63, 3.8) is 0 Å². The molecular formula is C13H12N4O. The van der Waals surface area contributed by atoms with Gasteiger partial charge in [-0.3, -0.25) is 0 Å². The van der Waals surface area contributed by atoms with E-state index in [4.69, 9.17) is 15.7 Å². The van der Waals surface area contributed by atoms with Crippen molar-refractivity contribution >= 4 is 5.82 Å². The maximum atomic E-state index is 8.92. The monoisotopic (exact) mass is 240 g/mol. The lowest BCUT2D eigenvalue weighted by Crippen LogP contribution is -2.05. The predicted molar refractivity (Wildman–Crippen MR) is 66.7 cm³/mol. The minimum absolute atomic E-state index is 0.185. The molecule has 0 bridgehead atoms. The van der Waals surface area contributed by atoms with Gasteiger partial charge in [-0.15, -0.1) is 0 Å². The summed E-state index contributed by atoms with van der Waals surface area (Å²) < 4.78 is 5.52. The SMILES string of the molecule is Cc1cc(N)nc(COc2ccccc2C#N)n1. The topological polar surface area (TPSA) is 84.8 Å². The summed E-state index contributed by atoms with van der Waals surface area (Å²) in [6.07, 6.45) is 0. The number of nitrogens with zero attached hydrogens (tertiary/aromatic N) is 3. The minimum Gasteiger partial charge on any atom is -0.484 e. The number of hydrogen-bond acceptors (Lipinski definition) is 5. The van der Waals surface area contributed by atoms with Crippen LogP contribution in [0.15, 0.2) is 30.3 Å². The number of hydrogen-bond donors (Lipinski definition) is 1. The van der Waals surface area contributed by atoms with Crippen LogP contribution in [0.1, 0.15) is 17.1 Å². The minimum atomic E-state index is 0.185. The summed E-state index contributed by atoms with van der Waals surface area (Å²) in [6, 6.07) is 10.8. The van der Waals surface area contributed by atoms with Gasteiger partial charge >= 0.3 is 0 Å². The highest BCUT2D eigenvalue weighted by Gasteiger charge is 2.04.